The van der Waals surface area contributed by atoms with Gasteiger partial charge < -0.3 is 9.63 Å². The molecular weight excluding hydrogens is 397 g/mol. The summed E-state index contributed by atoms with van der Waals surface area (Å²) in [5.74, 6) is -0.369. The summed E-state index contributed by atoms with van der Waals surface area (Å²) >= 11 is 13.3. The quantitative estimate of drug-likeness (QED) is 0.474. The Hall–Kier alpha value is -2.35. The smallest absolute Gasteiger partial charge is 0.310 e. The molecule has 9 heteroatoms. The molecule has 0 aliphatic rings. The molecule has 1 aromatic carbocycles. The van der Waals surface area contributed by atoms with Gasteiger partial charge in [0.2, 0.25) is 5.76 Å². The van der Waals surface area contributed by atoms with Gasteiger partial charge in [-0.05, 0) is 31.5 Å². The Bertz CT molecular complexity index is 1010. The van der Waals surface area contributed by atoms with Crippen molar-refractivity contribution in [1.29, 1.82) is 0 Å². The summed E-state index contributed by atoms with van der Waals surface area (Å²) in [6.45, 7) is 3.38. The summed E-state index contributed by atoms with van der Waals surface area (Å²) in [5.41, 5.74) is 4.68. The molecule has 0 saturated heterocycles. The third-order valence-corrected chi connectivity index (χ3v) is 5.37. The molecule has 3 rings (SSSR count). The lowest BCUT2D eigenvalue weighted by Crippen LogP contribution is -2.19. The average Bonchev–Trinajstić information content (AvgIpc) is 3.21. The Morgan fingerprint density at radius 1 is 1.35 bits per heavy atom. The molecule has 0 saturated carbocycles. The fourth-order valence-electron chi connectivity index (χ4n) is 2.21. The highest BCUT2D eigenvalue weighted by atomic mass is 35.5. The SMILES string of the molecule is C/C(=N\NC(=O)c1oncc1C)c1csc(-c2ccc(Cl)c(Cl)c2)c1O. The van der Waals surface area contributed by atoms with Crippen LogP contribution in [-0.2, 0) is 0 Å². The van der Waals surface area contributed by atoms with Crippen molar-refractivity contribution in [1.82, 2.24) is 10.6 Å². The third-order valence-electron chi connectivity index (χ3n) is 3.62. The van der Waals surface area contributed by atoms with Crippen molar-refractivity contribution in [3.05, 3.63) is 56.7 Å². The molecule has 0 aliphatic heterocycles. The number of halogens is 2. The van der Waals surface area contributed by atoms with Crippen LogP contribution in [0.3, 0.4) is 0 Å². The molecule has 0 bridgehead atoms. The number of aromatic nitrogens is 1. The molecule has 134 valence electrons. The largest absolute Gasteiger partial charge is 0.506 e. The van der Waals surface area contributed by atoms with Crippen molar-refractivity contribution in [3.63, 3.8) is 0 Å². The van der Waals surface area contributed by atoms with E-state index in [0.717, 1.165) is 5.56 Å². The normalized spacial score (nSPS) is 11.6. The average molecular weight is 410 g/mol. The number of hydrogen-bond acceptors (Lipinski definition) is 6. The van der Waals surface area contributed by atoms with E-state index in [1.54, 1.807) is 37.4 Å². The first-order valence-electron chi connectivity index (χ1n) is 7.40. The molecular formula is C17H13Cl2N3O3S. The predicted octanol–water partition coefficient (Wildman–Crippen LogP) is 4.88. The summed E-state index contributed by atoms with van der Waals surface area (Å²) < 4.78 is 4.87. The van der Waals surface area contributed by atoms with Crippen LogP contribution in [0.4, 0.5) is 0 Å². The van der Waals surface area contributed by atoms with Gasteiger partial charge in [0.15, 0.2) is 0 Å². The van der Waals surface area contributed by atoms with E-state index in [1.165, 1.54) is 17.5 Å². The summed E-state index contributed by atoms with van der Waals surface area (Å²) in [6, 6.07) is 5.11. The minimum Gasteiger partial charge on any atom is -0.506 e. The molecule has 2 heterocycles. The molecule has 0 unspecified atom stereocenters. The first-order valence-corrected chi connectivity index (χ1v) is 9.04. The van der Waals surface area contributed by atoms with Gasteiger partial charge in [0.1, 0.15) is 5.75 Å². The first-order chi connectivity index (χ1) is 12.4. The zero-order valence-corrected chi connectivity index (χ0v) is 16.0. The van der Waals surface area contributed by atoms with E-state index in [9.17, 15) is 9.90 Å². The third kappa shape index (κ3) is 3.60. The van der Waals surface area contributed by atoms with Crippen molar-refractivity contribution in [3.8, 4) is 16.2 Å². The van der Waals surface area contributed by atoms with Gasteiger partial charge in [-0.2, -0.15) is 5.10 Å². The summed E-state index contributed by atoms with van der Waals surface area (Å²) in [7, 11) is 0. The minimum absolute atomic E-state index is 0.0553. The number of amides is 1. The van der Waals surface area contributed by atoms with Gasteiger partial charge in [0.25, 0.3) is 0 Å². The Labute approximate surface area is 163 Å². The van der Waals surface area contributed by atoms with Gasteiger partial charge in [-0.1, -0.05) is 34.4 Å². The lowest BCUT2D eigenvalue weighted by molar-refractivity contribution is 0.0917. The van der Waals surface area contributed by atoms with Crippen LogP contribution in [0.2, 0.25) is 10.0 Å². The van der Waals surface area contributed by atoms with E-state index < -0.39 is 5.91 Å². The maximum atomic E-state index is 12.0. The Balaban J connectivity index is 1.83. The Morgan fingerprint density at radius 3 is 2.77 bits per heavy atom. The van der Waals surface area contributed by atoms with E-state index in [0.29, 0.717) is 31.8 Å². The van der Waals surface area contributed by atoms with Crippen LogP contribution in [0, 0.1) is 6.92 Å². The summed E-state index contributed by atoms with van der Waals surface area (Å²) in [4.78, 5) is 12.6. The molecule has 2 N–H and O–H groups in total. The van der Waals surface area contributed by atoms with Crippen molar-refractivity contribution in [2.75, 3.05) is 0 Å². The van der Waals surface area contributed by atoms with Crippen molar-refractivity contribution < 1.29 is 14.4 Å². The number of rotatable bonds is 4. The monoisotopic (exact) mass is 409 g/mol. The van der Waals surface area contributed by atoms with Crippen LogP contribution in [0.5, 0.6) is 5.75 Å². The predicted molar refractivity (Wildman–Crippen MR) is 102 cm³/mol. The number of nitrogens with zero attached hydrogens (tertiary/aromatic N) is 2. The van der Waals surface area contributed by atoms with Crippen molar-refractivity contribution in [2.45, 2.75) is 13.8 Å². The second-order valence-electron chi connectivity index (χ2n) is 5.43. The molecule has 0 radical (unpaired) electrons. The van der Waals surface area contributed by atoms with Crippen LogP contribution in [0.15, 0.2) is 39.4 Å². The number of thiophene rings is 1. The second-order valence-corrected chi connectivity index (χ2v) is 7.13. The highest BCUT2D eigenvalue weighted by molar-refractivity contribution is 7.14. The molecule has 1 amide bonds. The van der Waals surface area contributed by atoms with Gasteiger partial charge in [0, 0.05) is 10.9 Å². The summed E-state index contributed by atoms with van der Waals surface area (Å²) in [6.07, 6.45) is 1.44. The topological polar surface area (TPSA) is 87.7 Å². The van der Waals surface area contributed by atoms with Gasteiger partial charge in [-0.15, -0.1) is 11.3 Å². The maximum Gasteiger partial charge on any atom is 0.310 e. The first kappa shape index (κ1) is 18.4. The summed E-state index contributed by atoms with van der Waals surface area (Å²) in [5, 5.41) is 20.7. The number of nitrogens with one attached hydrogen (secondary N) is 1. The molecule has 3 aromatic rings. The molecule has 6 nitrogen and oxygen atoms in total. The number of carbonyl (C=O) groups excluding carboxylic acids is 1. The lowest BCUT2D eigenvalue weighted by Gasteiger charge is -2.04. The molecule has 2 aromatic heterocycles. The fourth-order valence-corrected chi connectivity index (χ4v) is 3.51. The van der Waals surface area contributed by atoms with Crippen LogP contribution < -0.4 is 5.43 Å². The van der Waals surface area contributed by atoms with Crippen LogP contribution >= 0.6 is 34.5 Å². The minimum atomic E-state index is -0.515. The van der Waals surface area contributed by atoms with E-state index in [-0.39, 0.29) is 11.5 Å². The number of benzene rings is 1. The molecule has 0 atom stereocenters. The van der Waals surface area contributed by atoms with Crippen LogP contribution in [0.1, 0.15) is 28.6 Å². The molecule has 0 spiro atoms. The fraction of sp³-hybridized carbons (Fsp3) is 0.118. The number of hydrogen-bond donors (Lipinski definition) is 2. The Morgan fingerprint density at radius 2 is 2.12 bits per heavy atom. The standard InChI is InChI=1S/C17H13Cl2N3O3S/c1-8-6-20-25-15(8)17(24)22-21-9(2)11-7-26-16(14(11)23)10-3-4-12(18)13(19)5-10/h3-7,23H,1-2H3,(H,22,24)/b21-9+. The van der Waals surface area contributed by atoms with Gasteiger partial charge in [-0.3, -0.25) is 4.79 Å². The highest BCUT2D eigenvalue weighted by Gasteiger charge is 2.17. The number of carbonyl (C=O) groups is 1. The number of hydrazone groups is 1. The van der Waals surface area contributed by atoms with E-state index >= 15 is 0 Å². The van der Waals surface area contributed by atoms with Gasteiger partial charge in [0.05, 0.1) is 32.4 Å². The molecule has 0 aliphatic carbocycles. The van der Waals surface area contributed by atoms with Crippen LogP contribution in [0.25, 0.3) is 10.4 Å². The lowest BCUT2D eigenvalue weighted by atomic mass is 10.1. The van der Waals surface area contributed by atoms with Gasteiger partial charge >= 0.3 is 5.91 Å². The number of aryl methyl sites for hydroxylation is 1. The molecule has 26 heavy (non-hydrogen) atoms. The number of aromatic hydroxyl groups is 1. The van der Waals surface area contributed by atoms with Crippen LogP contribution in [-0.4, -0.2) is 21.9 Å². The molecule has 0 fully saturated rings. The van der Waals surface area contributed by atoms with Gasteiger partial charge in [-0.25, -0.2) is 5.43 Å². The maximum absolute atomic E-state index is 12.0. The zero-order valence-electron chi connectivity index (χ0n) is 13.7. The van der Waals surface area contributed by atoms with Crippen molar-refractivity contribution >= 4 is 46.2 Å². The highest BCUT2D eigenvalue weighted by Crippen LogP contribution is 2.40. The zero-order chi connectivity index (χ0) is 18.8. The Kier molecular flexibility index (Phi) is 5.31. The van der Waals surface area contributed by atoms with Crippen molar-refractivity contribution in [2.24, 2.45) is 5.10 Å². The second kappa shape index (κ2) is 7.49. The van der Waals surface area contributed by atoms with E-state index in [2.05, 4.69) is 15.7 Å². The van der Waals surface area contributed by atoms with E-state index in [4.69, 9.17) is 27.7 Å². The van der Waals surface area contributed by atoms with E-state index in [1.807, 2.05) is 0 Å².